The van der Waals surface area contributed by atoms with Gasteiger partial charge in [-0.3, -0.25) is 0 Å². The molecule has 1 aromatic carbocycles. The molecule has 0 bridgehead atoms. The maximum Gasteiger partial charge on any atom is 0.328 e. The first kappa shape index (κ1) is 17.8. The summed E-state index contributed by atoms with van der Waals surface area (Å²) in [7, 11) is 0. The zero-order chi connectivity index (χ0) is 15.7. The molecule has 0 atom stereocenters. The number of nitrogens with zero attached hydrogens (tertiary/aromatic N) is 1. The summed E-state index contributed by atoms with van der Waals surface area (Å²) >= 11 is 3.62. The Labute approximate surface area is 135 Å². The second kappa shape index (κ2) is 9.61. The average molecular weight is 354 g/mol. The molecule has 116 valence electrons. The van der Waals surface area contributed by atoms with Gasteiger partial charge in [0.05, 0.1) is 5.69 Å². The zero-order valence-electron chi connectivity index (χ0n) is 12.8. The lowest BCUT2D eigenvalue weighted by Crippen LogP contribution is -2.25. The molecule has 0 amide bonds. The van der Waals surface area contributed by atoms with E-state index in [9.17, 15) is 4.79 Å². The Hall–Kier alpha value is -1.29. The van der Waals surface area contributed by atoms with Gasteiger partial charge in [-0.05, 0) is 52.5 Å². The molecule has 3 nitrogen and oxygen atoms in total. The number of hydrogen-bond donors (Lipinski definition) is 1. The van der Waals surface area contributed by atoms with Gasteiger partial charge >= 0.3 is 5.97 Å². The lowest BCUT2D eigenvalue weighted by molar-refractivity contribution is -0.131. The van der Waals surface area contributed by atoms with Crippen LogP contribution in [0.5, 0.6) is 0 Å². The molecule has 4 heteroatoms. The summed E-state index contributed by atoms with van der Waals surface area (Å²) in [6.45, 7) is 6.51. The number of hydrogen-bond acceptors (Lipinski definition) is 2. The predicted octanol–water partition coefficient (Wildman–Crippen LogP) is 4.95. The van der Waals surface area contributed by atoms with Crippen LogP contribution in [-0.4, -0.2) is 24.2 Å². The van der Waals surface area contributed by atoms with Gasteiger partial charge in [0.1, 0.15) is 0 Å². The van der Waals surface area contributed by atoms with E-state index in [0.717, 1.165) is 29.2 Å². The van der Waals surface area contributed by atoms with E-state index >= 15 is 0 Å². The highest BCUT2D eigenvalue weighted by Gasteiger charge is 2.09. The average Bonchev–Trinajstić information content (AvgIpc) is 2.46. The molecule has 0 saturated heterocycles. The van der Waals surface area contributed by atoms with Gasteiger partial charge in [0.15, 0.2) is 0 Å². The van der Waals surface area contributed by atoms with Crippen LogP contribution in [0.1, 0.15) is 45.1 Å². The van der Waals surface area contributed by atoms with Gasteiger partial charge in [-0.15, -0.1) is 0 Å². The van der Waals surface area contributed by atoms with Gasteiger partial charge in [0, 0.05) is 23.6 Å². The van der Waals surface area contributed by atoms with Crippen molar-refractivity contribution in [1.29, 1.82) is 0 Å². The highest BCUT2D eigenvalue weighted by atomic mass is 79.9. The minimum absolute atomic E-state index is 0.888. The Balaban J connectivity index is 2.89. The molecule has 0 heterocycles. The van der Waals surface area contributed by atoms with Crippen LogP contribution in [0.3, 0.4) is 0 Å². The molecule has 0 spiro atoms. The van der Waals surface area contributed by atoms with Gasteiger partial charge in [0.25, 0.3) is 0 Å². The molecule has 1 aromatic rings. The monoisotopic (exact) mass is 353 g/mol. The standard InChI is InChI=1S/C17H24BrNO2/c1-3-5-11-19(12-6-4-2)16-9-7-14(13-15(16)18)8-10-17(20)21/h7-10,13H,3-6,11-12H2,1-2H3,(H,20,21)/b10-8+. The van der Waals surface area contributed by atoms with E-state index in [4.69, 9.17) is 5.11 Å². The fourth-order valence-electron chi connectivity index (χ4n) is 2.10. The first-order valence-corrected chi connectivity index (χ1v) is 8.33. The summed E-state index contributed by atoms with van der Waals surface area (Å²) in [6, 6.07) is 6.00. The van der Waals surface area contributed by atoms with Crippen LogP contribution in [0, 0.1) is 0 Å². The number of carbonyl (C=O) groups is 1. The van der Waals surface area contributed by atoms with Crippen molar-refractivity contribution < 1.29 is 9.90 Å². The Morgan fingerprint density at radius 1 is 1.24 bits per heavy atom. The largest absolute Gasteiger partial charge is 0.478 e. The first-order chi connectivity index (χ1) is 10.1. The molecule has 0 saturated carbocycles. The number of carboxylic acids is 1. The predicted molar refractivity (Wildman–Crippen MR) is 92.8 cm³/mol. The Morgan fingerprint density at radius 2 is 1.86 bits per heavy atom. The number of carboxylic acid groups (broad SMARTS) is 1. The fraction of sp³-hybridized carbons (Fsp3) is 0.471. The van der Waals surface area contributed by atoms with E-state index in [1.165, 1.54) is 31.4 Å². The van der Waals surface area contributed by atoms with Crippen molar-refractivity contribution in [3.63, 3.8) is 0 Å². The van der Waals surface area contributed by atoms with E-state index < -0.39 is 5.97 Å². The molecular formula is C17H24BrNO2. The molecule has 0 aromatic heterocycles. The topological polar surface area (TPSA) is 40.5 Å². The number of aliphatic carboxylic acids is 1. The second-order valence-corrected chi connectivity index (χ2v) is 5.93. The number of unbranched alkanes of at least 4 members (excludes halogenated alkanes) is 2. The van der Waals surface area contributed by atoms with Crippen LogP contribution in [0.25, 0.3) is 6.08 Å². The number of halogens is 1. The Morgan fingerprint density at radius 3 is 2.33 bits per heavy atom. The van der Waals surface area contributed by atoms with Crippen LogP contribution in [0.2, 0.25) is 0 Å². The van der Waals surface area contributed by atoms with Crippen molar-refractivity contribution in [3.05, 3.63) is 34.3 Å². The summed E-state index contributed by atoms with van der Waals surface area (Å²) in [5.41, 5.74) is 2.07. The molecule has 0 aliphatic rings. The van der Waals surface area contributed by atoms with Crippen LogP contribution in [0.4, 0.5) is 5.69 Å². The first-order valence-electron chi connectivity index (χ1n) is 7.54. The molecule has 0 aliphatic carbocycles. The highest BCUT2D eigenvalue weighted by molar-refractivity contribution is 9.10. The molecule has 1 N–H and O–H groups in total. The molecule has 1 rings (SSSR count). The lowest BCUT2D eigenvalue weighted by atomic mass is 10.1. The highest BCUT2D eigenvalue weighted by Crippen LogP contribution is 2.28. The Bertz CT molecular complexity index is 478. The van der Waals surface area contributed by atoms with Crippen molar-refractivity contribution in [2.75, 3.05) is 18.0 Å². The number of benzene rings is 1. The summed E-state index contributed by atoms with van der Waals surface area (Å²) in [6.07, 6.45) is 7.49. The quantitative estimate of drug-likeness (QED) is 0.638. The van der Waals surface area contributed by atoms with Crippen molar-refractivity contribution in [3.8, 4) is 0 Å². The van der Waals surface area contributed by atoms with Crippen LogP contribution in [-0.2, 0) is 4.79 Å². The second-order valence-electron chi connectivity index (χ2n) is 5.08. The number of rotatable bonds is 9. The summed E-state index contributed by atoms with van der Waals surface area (Å²) in [5, 5.41) is 8.67. The molecule has 0 radical (unpaired) electrons. The van der Waals surface area contributed by atoms with E-state index in [1.54, 1.807) is 6.08 Å². The third-order valence-corrected chi connectivity index (χ3v) is 3.93. The third-order valence-electron chi connectivity index (χ3n) is 3.29. The normalized spacial score (nSPS) is 11.0. The molecule has 21 heavy (non-hydrogen) atoms. The Kier molecular flexibility index (Phi) is 8.13. The van der Waals surface area contributed by atoms with Gasteiger partial charge < -0.3 is 10.0 Å². The van der Waals surface area contributed by atoms with Gasteiger partial charge in [-0.1, -0.05) is 32.8 Å². The summed E-state index contributed by atoms with van der Waals surface area (Å²) in [5.74, 6) is -0.928. The van der Waals surface area contributed by atoms with Crippen molar-refractivity contribution in [2.45, 2.75) is 39.5 Å². The van der Waals surface area contributed by atoms with E-state index in [0.29, 0.717) is 0 Å². The van der Waals surface area contributed by atoms with E-state index in [1.807, 2.05) is 12.1 Å². The minimum atomic E-state index is -0.928. The maximum absolute atomic E-state index is 10.6. The molecule has 0 fully saturated rings. The van der Waals surface area contributed by atoms with Crippen LogP contribution >= 0.6 is 15.9 Å². The van der Waals surface area contributed by atoms with Crippen molar-refractivity contribution in [2.24, 2.45) is 0 Å². The van der Waals surface area contributed by atoms with Crippen molar-refractivity contribution in [1.82, 2.24) is 0 Å². The number of anilines is 1. The minimum Gasteiger partial charge on any atom is -0.478 e. The van der Waals surface area contributed by atoms with Crippen molar-refractivity contribution >= 4 is 33.7 Å². The fourth-order valence-corrected chi connectivity index (χ4v) is 2.75. The summed E-state index contributed by atoms with van der Waals surface area (Å²) < 4.78 is 1.02. The zero-order valence-corrected chi connectivity index (χ0v) is 14.4. The summed E-state index contributed by atoms with van der Waals surface area (Å²) in [4.78, 5) is 13.0. The maximum atomic E-state index is 10.6. The lowest BCUT2D eigenvalue weighted by Gasteiger charge is -2.26. The van der Waals surface area contributed by atoms with Gasteiger partial charge in [0.2, 0.25) is 0 Å². The van der Waals surface area contributed by atoms with E-state index in [2.05, 4.69) is 40.7 Å². The third kappa shape index (κ3) is 6.34. The van der Waals surface area contributed by atoms with E-state index in [-0.39, 0.29) is 0 Å². The molecule has 0 unspecified atom stereocenters. The molecular weight excluding hydrogens is 330 g/mol. The van der Waals surface area contributed by atoms with Crippen LogP contribution in [0.15, 0.2) is 28.7 Å². The SMILES string of the molecule is CCCCN(CCCC)c1ccc(/C=C/C(=O)O)cc1Br. The smallest absolute Gasteiger partial charge is 0.328 e. The van der Waals surface area contributed by atoms with Gasteiger partial charge in [-0.2, -0.15) is 0 Å². The van der Waals surface area contributed by atoms with Crippen LogP contribution < -0.4 is 4.90 Å². The molecule has 0 aliphatic heterocycles. The van der Waals surface area contributed by atoms with Gasteiger partial charge in [-0.25, -0.2) is 4.79 Å².